The molecule has 0 aromatic carbocycles. The van der Waals surface area contributed by atoms with Crippen molar-refractivity contribution in [2.45, 2.75) is 63.0 Å². The van der Waals surface area contributed by atoms with Gasteiger partial charge >= 0.3 is 0 Å². The summed E-state index contributed by atoms with van der Waals surface area (Å²) in [7, 11) is 4.28. The second-order valence-electron chi connectivity index (χ2n) is 5.75. The average Bonchev–Trinajstić information content (AvgIpc) is 3.02. The Labute approximate surface area is 93.7 Å². The van der Waals surface area contributed by atoms with Crippen LogP contribution in [0.4, 0.5) is 0 Å². The number of aliphatic hydroxyl groups is 1. The summed E-state index contributed by atoms with van der Waals surface area (Å²) in [6, 6.07) is 0. The van der Waals surface area contributed by atoms with Gasteiger partial charge in [0, 0.05) is 5.54 Å². The fourth-order valence-electron chi connectivity index (χ4n) is 3.13. The van der Waals surface area contributed by atoms with Crippen LogP contribution in [-0.2, 0) is 0 Å². The van der Waals surface area contributed by atoms with Crippen molar-refractivity contribution >= 4 is 0 Å². The molecule has 2 fully saturated rings. The molecule has 88 valence electrons. The molecule has 2 saturated carbocycles. The molecular formula is C13H25NO. The molecule has 0 aliphatic heterocycles. The zero-order chi connectivity index (χ0) is 10.9. The lowest BCUT2D eigenvalue weighted by atomic mass is 9.75. The predicted molar refractivity (Wildman–Crippen MR) is 62.9 cm³/mol. The lowest BCUT2D eigenvalue weighted by Gasteiger charge is -2.46. The molecule has 0 aromatic rings. The van der Waals surface area contributed by atoms with Gasteiger partial charge in [0.15, 0.2) is 0 Å². The summed E-state index contributed by atoms with van der Waals surface area (Å²) >= 11 is 0. The van der Waals surface area contributed by atoms with E-state index in [1.165, 1.54) is 44.9 Å². The molecule has 0 spiro atoms. The van der Waals surface area contributed by atoms with E-state index in [0.717, 1.165) is 12.3 Å². The summed E-state index contributed by atoms with van der Waals surface area (Å²) in [6.07, 6.45) is 9.95. The molecule has 0 bridgehead atoms. The van der Waals surface area contributed by atoms with Crippen LogP contribution >= 0.6 is 0 Å². The molecule has 1 atom stereocenters. The van der Waals surface area contributed by atoms with Crippen molar-refractivity contribution in [1.29, 1.82) is 0 Å². The van der Waals surface area contributed by atoms with E-state index < -0.39 is 0 Å². The first-order valence-electron chi connectivity index (χ1n) is 6.51. The minimum absolute atomic E-state index is 0.0969. The maximum atomic E-state index is 10.5. The van der Waals surface area contributed by atoms with E-state index in [4.69, 9.17) is 0 Å². The van der Waals surface area contributed by atoms with Crippen molar-refractivity contribution in [1.82, 2.24) is 4.90 Å². The third kappa shape index (κ3) is 2.36. The van der Waals surface area contributed by atoms with E-state index in [-0.39, 0.29) is 11.6 Å². The molecule has 0 radical (unpaired) electrons. The highest BCUT2D eigenvalue weighted by atomic mass is 16.3. The normalized spacial score (nSPS) is 28.0. The van der Waals surface area contributed by atoms with Crippen molar-refractivity contribution in [2.24, 2.45) is 5.92 Å². The van der Waals surface area contributed by atoms with E-state index >= 15 is 0 Å². The van der Waals surface area contributed by atoms with Crippen LogP contribution in [0.15, 0.2) is 0 Å². The smallest absolute Gasteiger partial charge is 0.0726 e. The molecule has 1 N–H and O–H groups in total. The molecule has 15 heavy (non-hydrogen) atoms. The van der Waals surface area contributed by atoms with Crippen molar-refractivity contribution in [3.8, 4) is 0 Å². The number of likely N-dealkylation sites (N-methyl/N-ethyl adjacent to an activating group) is 1. The molecule has 2 rings (SSSR count). The van der Waals surface area contributed by atoms with Crippen LogP contribution < -0.4 is 0 Å². The monoisotopic (exact) mass is 211 g/mol. The topological polar surface area (TPSA) is 23.5 Å². The molecule has 0 amide bonds. The van der Waals surface area contributed by atoms with Crippen LogP contribution in [0.5, 0.6) is 0 Å². The summed E-state index contributed by atoms with van der Waals surface area (Å²) in [5, 5.41) is 10.5. The van der Waals surface area contributed by atoms with Gasteiger partial charge in [-0.05, 0) is 39.3 Å². The second-order valence-corrected chi connectivity index (χ2v) is 5.75. The molecule has 2 aliphatic rings. The average molecular weight is 211 g/mol. The summed E-state index contributed by atoms with van der Waals surface area (Å²) in [5.41, 5.74) is 0.0981. The maximum absolute atomic E-state index is 10.5. The van der Waals surface area contributed by atoms with E-state index in [2.05, 4.69) is 19.0 Å². The largest absolute Gasteiger partial charge is 0.391 e. The van der Waals surface area contributed by atoms with Crippen molar-refractivity contribution in [3.63, 3.8) is 0 Å². The van der Waals surface area contributed by atoms with Gasteiger partial charge in [0.25, 0.3) is 0 Å². The Morgan fingerprint density at radius 1 is 1.20 bits per heavy atom. The molecular weight excluding hydrogens is 186 g/mol. The highest BCUT2D eigenvalue weighted by Gasteiger charge is 2.42. The van der Waals surface area contributed by atoms with E-state index in [1.807, 2.05) is 0 Å². The Morgan fingerprint density at radius 3 is 2.27 bits per heavy atom. The minimum Gasteiger partial charge on any atom is -0.391 e. The van der Waals surface area contributed by atoms with E-state index in [0.29, 0.717) is 0 Å². The van der Waals surface area contributed by atoms with Gasteiger partial charge < -0.3 is 10.0 Å². The Hall–Kier alpha value is -0.0800. The highest BCUT2D eigenvalue weighted by molar-refractivity contribution is 4.98. The minimum atomic E-state index is -0.0969. The molecule has 0 heterocycles. The quantitative estimate of drug-likeness (QED) is 0.772. The first-order chi connectivity index (χ1) is 7.15. The molecule has 0 saturated heterocycles. The Morgan fingerprint density at radius 2 is 1.80 bits per heavy atom. The van der Waals surface area contributed by atoms with Crippen LogP contribution in [0.2, 0.25) is 0 Å². The number of aliphatic hydroxyl groups excluding tert-OH is 1. The SMILES string of the molecule is CN(C)C1(C(O)CC2CC2)CCCCC1. The van der Waals surface area contributed by atoms with Gasteiger partial charge in [0.1, 0.15) is 0 Å². The molecule has 1 unspecified atom stereocenters. The summed E-state index contributed by atoms with van der Waals surface area (Å²) in [6.45, 7) is 0. The van der Waals surface area contributed by atoms with Crippen molar-refractivity contribution in [3.05, 3.63) is 0 Å². The van der Waals surface area contributed by atoms with E-state index in [1.54, 1.807) is 0 Å². The predicted octanol–water partition coefficient (Wildman–Crippen LogP) is 2.41. The summed E-state index contributed by atoms with van der Waals surface area (Å²) in [4.78, 5) is 2.29. The van der Waals surface area contributed by atoms with Crippen molar-refractivity contribution < 1.29 is 5.11 Å². The summed E-state index contributed by atoms with van der Waals surface area (Å²) < 4.78 is 0. The van der Waals surface area contributed by atoms with Crippen LogP contribution in [-0.4, -0.2) is 35.7 Å². The van der Waals surface area contributed by atoms with E-state index in [9.17, 15) is 5.11 Å². The number of rotatable bonds is 4. The fourth-order valence-corrected chi connectivity index (χ4v) is 3.13. The zero-order valence-corrected chi connectivity index (χ0v) is 10.2. The zero-order valence-electron chi connectivity index (χ0n) is 10.2. The first kappa shape index (κ1) is 11.4. The lowest BCUT2D eigenvalue weighted by molar-refractivity contribution is -0.0381. The van der Waals surface area contributed by atoms with Crippen molar-refractivity contribution in [2.75, 3.05) is 14.1 Å². The third-order valence-electron chi connectivity index (χ3n) is 4.48. The molecule has 2 aliphatic carbocycles. The van der Waals surface area contributed by atoms with Gasteiger partial charge in [0.05, 0.1) is 6.10 Å². The Kier molecular flexibility index (Phi) is 3.36. The molecule has 2 nitrogen and oxygen atoms in total. The first-order valence-corrected chi connectivity index (χ1v) is 6.51. The van der Waals surface area contributed by atoms with Crippen LogP contribution in [0, 0.1) is 5.92 Å². The Balaban J connectivity index is 2.01. The maximum Gasteiger partial charge on any atom is 0.0726 e. The summed E-state index contributed by atoms with van der Waals surface area (Å²) in [5.74, 6) is 0.832. The number of nitrogens with zero attached hydrogens (tertiary/aromatic N) is 1. The standard InChI is InChI=1S/C13H25NO/c1-14(2)13(8-4-3-5-9-13)12(15)10-11-6-7-11/h11-12,15H,3-10H2,1-2H3. The fraction of sp³-hybridized carbons (Fsp3) is 1.00. The molecule has 0 aromatic heterocycles. The van der Waals surface area contributed by atoms with Gasteiger partial charge in [0.2, 0.25) is 0 Å². The van der Waals surface area contributed by atoms with Gasteiger partial charge in [-0.1, -0.05) is 32.1 Å². The van der Waals surface area contributed by atoms with Gasteiger partial charge in [-0.15, -0.1) is 0 Å². The van der Waals surface area contributed by atoms with Gasteiger partial charge in [-0.25, -0.2) is 0 Å². The van der Waals surface area contributed by atoms with Crippen LogP contribution in [0.3, 0.4) is 0 Å². The van der Waals surface area contributed by atoms with Gasteiger partial charge in [-0.3, -0.25) is 0 Å². The van der Waals surface area contributed by atoms with Crippen LogP contribution in [0.25, 0.3) is 0 Å². The number of hydrogen-bond donors (Lipinski definition) is 1. The third-order valence-corrected chi connectivity index (χ3v) is 4.48. The lowest BCUT2D eigenvalue weighted by Crippen LogP contribution is -2.54. The second kappa shape index (κ2) is 4.42. The molecule has 2 heteroatoms. The van der Waals surface area contributed by atoms with Crippen LogP contribution in [0.1, 0.15) is 51.4 Å². The van der Waals surface area contributed by atoms with Gasteiger partial charge in [-0.2, -0.15) is 0 Å². The Bertz CT molecular complexity index is 205. The number of hydrogen-bond acceptors (Lipinski definition) is 2. The highest BCUT2D eigenvalue weighted by Crippen LogP contribution is 2.41.